The van der Waals surface area contributed by atoms with Crippen LogP contribution in [-0.2, 0) is 0 Å². The number of benzene rings is 2. The van der Waals surface area contributed by atoms with E-state index >= 15 is 0 Å². The number of aliphatic imine (C=N–C) groups is 1. The van der Waals surface area contributed by atoms with Gasteiger partial charge in [-0.25, -0.2) is 0 Å². The third kappa shape index (κ3) is 3.78. The van der Waals surface area contributed by atoms with Gasteiger partial charge in [-0.15, -0.1) is 0 Å². The first-order chi connectivity index (χ1) is 11.2. The summed E-state index contributed by atoms with van der Waals surface area (Å²) in [6, 6.07) is 16.0. The Morgan fingerprint density at radius 2 is 1.50 bits per heavy atom. The van der Waals surface area contributed by atoms with Gasteiger partial charge in [0.2, 0.25) is 0 Å². The third-order valence-electron chi connectivity index (χ3n) is 3.88. The van der Waals surface area contributed by atoms with Gasteiger partial charge in [0, 0.05) is 0 Å². The molecule has 1 heterocycles. The van der Waals surface area contributed by atoms with Gasteiger partial charge in [-0.1, -0.05) is 45.0 Å². The SMILES string of the molecule is CC(C)(C)CC(C)(C)N=C1Nc2ccccc2Oc2ccccc21. The molecule has 0 radical (unpaired) electrons. The highest BCUT2D eigenvalue weighted by atomic mass is 16.5. The van der Waals surface area contributed by atoms with Crippen molar-refractivity contribution in [1.82, 2.24) is 0 Å². The summed E-state index contributed by atoms with van der Waals surface area (Å²) in [4.78, 5) is 5.08. The number of fused-ring (bicyclic) bond motifs is 2. The lowest BCUT2D eigenvalue weighted by molar-refractivity contribution is 0.288. The fourth-order valence-electron chi connectivity index (χ4n) is 3.45. The highest BCUT2D eigenvalue weighted by molar-refractivity contribution is 6.11. The number of ether oxygens (including phenoxy) is 1. The van der Waals surface area contributed by atoms with Gasteiger partial charge in [-0.3, -0.25) is 4.99 Å². The summed E-state index contributed by atoms with van der Waals surface area (Å²) in [6.07, 6.45) is 0.996. The van der Waals surface area contributed by atoms with Crippen molar-refractivity contribution in [2.45, 2.75) is 46.6 Å². The zero-order valence-electron chi connectivity index (χ0n) is 15.2. The summed E-state index contributed by atoms with van der Waals surface area (Å²) in [5, 5.41) is 3.48. The van der Waals surface area contributed by atoms with E-state index in [2.05, 4.69) is 46.0 Å². The van der Waals surface area contributed by atoms with Crippen molar-refractivity contribution in [3.63, 3.8) is 0 Å². The normalized spacial score (nSPS) is 15.8. The van der Waals surface area contributed by atoms with E-state index in [-0.39, 0.29) is 11.0 Å². The summed E-state index contributed by atoms with van der Waals surface area (Å²) >= 11 is 0. The van der Waals surface area contributed by atoms with E-state index < -0.39 is 0 Å². The summed E-state index contributed by atoms with van der Waals surface area (Å²) in [5.74, 6) is 2.52. The van der Waals surface area contributed by atoms with Crippen molar-refractivity contribution in [2.24, 2.45) is 10.4 Å². The number of hydrogen-bond donors (Lipinski definition) is 1. The topological polar surface area (TPSA) is 33.6 Å². The average Bonchev–Trinajstić information content (AvgIpc) is 2.60. The maximum atomic E-state index is 6.10. The Balaban J connectivity index is 2.08. The number of nitrogens with one attached hydrogen (secondary N) is 1. The number of amidine groups is 1. The lowest BCUT2D eigenvalue weighted by atomic mass is 9.82. The molecule has 3 rings (SSSR count). The molecular weight excluding hydrogens is 296 g/mol. The Kier molecular flexibility index (Phi) is 4.12. The molecule has 2 aromatic carbocycles. The van der Waals surface area contributed by atoms with Crippen LogP contribution in [0.5, 0.6) is 11.5 Å². The average molecular weight is 322 g/mol. The van der Waals surface area contributed by atoms with Gasteiger partial charge in [0.25, 0.3) is 0 Å². The highest BCUT2D eigenvalue weighted by Gasteiger charge is 2.27. The molecule has 0 atom stereocenters. The molecule has 3 nitrogen and oxygen atoms in total. The Bertz CT molecular complexity index is 769. The number of hydrogen-bond acceptors (Lipinski definition) is 2. The van der Waals surface area contributed by atoms with Gasteiger partial charge >= 0.3 is 0 Å². The monoisotopic (exact) mass is 322 g/mol. The molecule has 0 aliphatic carbocycles. The van der Waals surface area contributed by atoms with Crippen LogP contribution in [0, 0.1) is 5.41 Å². The van der Waals surface area contributed by atoms with Crippen LogP contribution in [0.3, 0.4) is 0 Å². The maximum absolute atomic E-state index is 6.10. The van der Waals surface area contributed by atoms with E-state index in [9.17, 15) is 0 Å². The molecule has 24 heavy (non-hydrogen) atoms. The third-order valence-corrected chi connectivity index (χ3v) is 3.88. The Hall–Kier alpha value is -2.29. The molecule has 0 amide bonds. The molecule has 0 fully saturated rings. The summed E-state index contributed by atoms with van der Waals surface area (Å²) in [7, 11) is 0. The molecule has 0 saturated heterocycles. The number of nitrogens with zero attached hydrogens (tertiary/aromatic N) is 1. The van der Waals surface area contributed by atoms with Crippen LogP contribution in [0.25, 0.3) is 0 Å². The van der Waals surface area contributed by atoms with Crippen molar-refractivity contribution < 1.29 is 4.74 Å². The second-order valence-electron chi connectivity index (χ2n) is 8.23. The molecule has 0 aromatic heterocycles. The van der Waals surface area contributed by atoms with Gasteiger partial charge < -0.3 is 10.1 Å². The lowest BCUT2D eigenvalue weighted by Crippen LogP contribution is -2.28. The second-order valence-corrected chi connectivity index (χ2v) is 8.23. The van der Waals surface area contributed by atoms with Crippen molar-refractivity contribution in [2.75, 3.05) is 5.32 Å². The van der Waals surface area contributed by atoms with Gasteiger partial charge in [0.15, 0.2) is 5.75 Å². The zero-order valence-corrected chi connectivity index (χ0v) is 15.2. The molecule has 0 saturated carbocycles. The van der Waals surface area contributed by atoms with Crippen molar-refractivity contribution >= 4 is 11.5 Å². The largest absolute Gasteiger partial charge is 0.454 e. The fourth-order valence-corrected chi connectivity index (χ4v) is 3.45. The van der Waals surface area contributed by atoms with Crippen molar-refractivity contribution in [1.29, 1.82) is 0 Å². The Labute approximate surface area is 144 Å². The van der Waals surface area contributed by atoms with E-state index in [1.165, 1.54) is 0 Å². The van der Waals surface area contributed by atoms with Crippen LogP contribution in [0.4, 0.5) is 5.69 Å². The molecule has 0 unspecified atom stereocenters. The molecule has 2 aromatic rings. The first kappa shape index (κ1) is 16.6. The predicted molar refractivity (Wildman–Crippen MR) is 101 cm³/mol. The molecule has 3 heteroatoms. The van der Waals surface area contributed by atoms with E-state index in [4.69, 9.17) is 9.73 Å². The first-order valence-electron chi connectivity index (χ1n) is 8.47. The Morgan fingerprint density at radius 3 is 2.21 bits per heavy atom. The fraction of sp³-hybridized carbons (Fsp3) is 0.381. The van der Waals surface area contributed by atoms with Crippen molar-refractivity contribution in [3.8, 4) is 11.5 Å². The predicted octanol–water partition coefficient (Wildman–Crippen LogP) is 5.87. The Morgan fingerprint density at radius 1 is 0.875 bits per heavy atom. The van der Waals surface area contributed by atoms with E-state index in [0.717, 1.165) is 35.0 Å². The van der Waals surface area contributed by atoms with Gasteiger partial charge in [0.05, 0.1) is 16.8 Å². The van der Waals surface area contributed by atoms with Gasteiger partial charge in [-0.05, 0) is 49.9 Å². The number of rotatable bonds is 2. The van der Waals surface area contributed by atoms with Crippen LogP contribution >= 0.6 is 0 Å². The van der Waals surface area contributed by atoms with Crippen LogP contribution < -0.4 is 10.1 Å². The van der Waals surface area contributed by atoms with Crippen LogP contribution in [0.1, 0.15) is 46.6 Å². The smallest absolute Gasteiger partial charge is 0.150 e. The molecule has 1 aliphatic rings. The van der Waals surface area contributed by atoms with Gasteiger partial charge in [-0.2, -0.15) is 0 Å². The van der Waals surface area contributed by atoms with E-state index in [0.29, 0.717) is 0 Å². The van der Waals surface area contributed by atoms with Gasteiger partial charge in [0.1, 0.15) is 11.6 Å². The minimum atomic E-state index is -0.174. The summed E-state index contributed by atoms with van der Waals surface area (Å²) in [5.41, 5.74) is 1.98. The van der Waals surface area contributed by atoms with Crippen LogP contribution in [0.15, 0.2) is 53.5 Å². The number of anilines is 1. The zero-order chi connectivity index (χ0) is 17.4. The van der Waals surface area contributed by atoms with Crippen molar-refractivity contribution in [3.05, 3.63) is 54.1 Å². The highest BCUT2D eigenvalue weighted by Crippen LogP contribution is 2.37. The van der Waals surface area contributed by atoms with E-state index in [1.807, 2.05) is 42.5 Å². The molecular formula is C21H26N2O. The second kappa shape index (κ2) is 5.97. The molecule has 0 bridgehead atoms. The first-order valence-corrected chi connectivity index (χ1v) is 8.47. The minimum absolute atomic E-state index is 0.174. The molecule has 0 spiro atoms. The van der Waals surface area contributed by atoms with Crippen LogP contribution in [0.2, 0.25) is 0 Å². The van der Waals surface area contributed by atoms with E-state index in [1.54, 1.807) is 0 Å². The molecule has 1 N–H and O–H groups in total. The quantitative estimate of drug-likeness (QED) is 0.750. The number of para-hydroxylation sites is 3. The summed E-state index contributed by atoms with van der Waals surface area (Å²) < 4.78 is 6.10. The van der Waals surface area contributed by atoms with Crippen LogP contribution in [-0.4, -0.2) is 11.4 Å². The molecule has 126 valence electrons. The minimum Gasteiger partial charge on any atom is -0.454 e. The lowest BCUT2D eigenvalue weighted by Gasteiger charge is -2.30. The maximum Gasteiger partial charge on any atom is 0.150 e. The standard InChI is InChI=1S/C21H26N2O/c1-20(2,3)14-21(4,5)23-19-15-10-6-8-12-17(15)24-18-13-9-7-11-16(18)22-19/h6-13H,14H2,1-5H3,(H,22,23). The summed E-state index contributed by atoms with van der Waals surface area (Å²) in [6.45, 7) is 11.1. The molecule has 1 aliphatic heterocycles.